The molecule has 2 rings (SSSR count). The number of methoxy groups -OCH3 is 1. The normalized spacial score (nSPS) is 10.6. The third-order valence-electron chi connectivity index (χ3n) is 3.65. The van der Waals surface area contributed by atoms with E-state index in [1.54, 1.807) is 18.9 Å². The Labute approximate surface area is 155 Å². The average molecular weight is 361 g/mol. The zero-order chi connectivity index (χ0) is 17.7. The molecule has 0 fully saturated rings. The minimum Gasteiger partial charge on any atom is -0.494 e. The van der Waals surface area contributed by atoms with Crippen molar-refractivity contribution < 1.29 is 14.2 Å². The van der Waals surface area contributed by atoms with E-state index in [4.69, 9.17) is 14.2 Å². The standard InChI is InChI=1S/C21H28O3S/c1-3-4-15-24-20-13-12-18(23-16-9-8-14-22-2)17-21(20)25-19-10-6-5-7-11-19/h5-7,10-13,17H,3-4,8-9,14-16H2,1-2H3. The molecule has 3 nitrogen and oxygen atoms in total. The van der Waals surface area contributed by atoms with Gasteiger partial charge in [-0.1, -0.05) is 43.3 Å². The fourth-order valence-electron chi connectivity index (χ4n) is 2.26. The van der Waals surface area contributed by atoms with Crippen LogP contribution >= 0.6 is 11.8 Å². The summed E-state index contributed by atoms with van der Waals surface area (Å²) in [6.07, 6.45) is 4.20. The summed E-state index contributed by atoms with van der Waals surface area (Å²) in [6, 6.07) is 16.4. The first-order valence-corrected chi connectivity index (χ1v) is 9.76. The molecular weight excluding hydrogens is 332 g/mol. The van der Waals surface area contributed by atoms with Crippen molar-refractivity contribution in [3.63, 3.8) is 0 Å². The molecule has 2 aromatic rings. The Morgan fingerprint density at radius 3 is 2.36 bits per heavy atom. The van der Waals surface area contributed by atoms with Crippen LogP contribution in [0.1, 0.15) is 32.6 Å². The molecule has 4 heteroatoms. The zero-order valence-electron chi connectivity index (χ0n) is 15.2. The van der Waals surface area contributed by atoms with E-state index in [-0.39, 0.29) is 0 Å². The molecule has 0 radical (unpaired) electrons. The maximum Gasteiger partial charge on any atom is 0.133 e. The van der Waals surface area contributed by atoms with Crippen molar-refractivity contribution in [3.05, 3.63) is 48.5 Å². The minimum absolute atomic E-state index is 0.703. The Morgan fingerprint density at radius 2 is 1.60 bits per heavy atom. The van der Waals surface area contributed by atoms with Gasteiger partial charge in [0.2, 0.25) is 0 Å². The van der Waals surface area contributed by atoms with Crippen LogP contribution in [0.5, 0.6) is 11.5 Å². The summed E-state index contributed by atoms with van der Waals surface area (Å²) >= 11 is 1.71. The van der Waals surface area contributed by atoms with Gasteiger partial charge in [-0.15, -0.1) is 0 Å². The number of ether oxygens (including phenoxy) is 3. The van der Waals surface area contributed by atoms with Crippen molar-refractivity contribution >= 4 is 11.8 Å². The minimum atomic E-state index is 0.703. The molecule has 0 saturated carbocycles. The molecule has 0 aliphatic rings. The molecule has 25 heavy (non-hydrogen) atoms. The van der Waals surface area contributed by atoms with Crippen molar-refractivity contribution in [1.82, 2.24) is 0 Å². The van der Waals surface area contributed by atoms with Gasteiger partial charge in [-0.2, -0.15) is 0 Å². The zero-order valence-corrected chi connectivity index (χ0v) is 16.0. The van der Waals surface area contributed by atoms with Gasteiger partial charge in [-0.3, -0.25) is 0 Å². The van der Waals surface area contributed by atoms with Gasteiger partial charge in [0.15, 0.2) is 0 Å². The van der Waals surface area contributed by atoms with E-state index in [9.17, 15) is 0 Å². The molecule has 0 aliphatic heterocycles. The van der Waals surface area contributed by atoms with Crippen LogP contribution in [-0.2, 0) is 4.74 Å². The Balaban J connectivity index is 2.03. The van der Waals surface area contributed by atoms with Crippen molar-refractivity contribution in [2.75, 3.05) is 26.9 Å². The summed E-state index contributed by atoms with van der Waals surface area (Å²) in [5, 5.41) is 0. The number of unbranched alkanes of at least 4 members (excludes halogenated alkanes) is 2. The third-order valence-corrected chi connectivity index (χ3v) is 4.70. The van der Waals surface area contributed by atoms with Crippen LogP contribution in [0.25, 0.3) is 0 Å². The van der Waals surface area contributed by atoms with Crippen LogP contribution in [0.15, 0.2) is 58.3 Å². The molecule has 0 aliphatic carbocycles. The Hall–Kier alpha value is -1.65. The van der Waals surface area contributed by atoms with Gasteiger partial charge in [0.1, 0.15) is 11.5 Å². The predicted molar refractivity (Wildman–Crippen MR) is 104 cm³/mol. The Morgan fingerprint density at radius 1 is 0.840 bits per heavy atom. The molecule has 2 aromatic carbocycles. The van der Waals surface area contributed by atoms with E-state index in [2.05, 4.69) is 37.3 Å². The lowest BCUT2D eigenvalue weighted by Crippen LogP contribution is -2.01. The van der Waals surface area contributed by atoms with Gasteiger partial charge in [-0.25, -0.2) is 0 Å². The second-order valence-electron chi connectivity index (χ2n) is 5.77. The molecule has 0 unspecified atom stereocenters. The molecule has 0 amide bonds. The largest absolute Gasteiger partial charge is 0.494 e. The van der Waals surface area contributed by atoms with Crippen LogP contribution in [0, 0.1) is 0 Å². The van der Waals surface area contributed by atoms with Crippen molar-refractivity contribution in [2.45, 2.75) is 42.4 Å². The molecule has 0 aromatic heterocycles. The van der Waals surface area contributed by atoms with Gasteiger partial charge < -0.3 is 14.2 Å². The van der Waals surface area contributed by atoms with E-state index < -0.39 is 0 Å². The van der Waals surface area contributed by atoms with Crippen molar-refractivity contribution in [3.8, 4) is 11.5 Å². The summed E-state index contributed by atoms with van der Waals surface area (Å²) in [7, 11) is 1.73. The molecule has 0 bridgehead atoms. The number of hydrogen-bond acceptors (Lipinski definition) is 4. The highest BCUT2D eigenvalue weighted by Crippen LogP contribution is 2.37. The average Bonchev–Trinajstić information content (AvgIpc) is 2.64. The van der Waals surface area contributed by atoms with Crippen molar-refractivity contribution in [2.24, 2.45) is 0 Å². The molecule has 0 saturated heterocycles. The summed E-state index contributed by atoms with van der Waals surface area (Å²) in [5.74, 6) is 1.81. The highest BCUT2D eigenvalue weighted by Gasteiger charge is 2.08. The highest BCUT2D eigenvalue weighted by atomic mass is 32.2. The molecule has 136 valence electrons. The maximum atomic E-state index is 5.97. The van der Waals surface area contributed by atoms with Crippen LogP contribution in [0.2, 0.25) is 0 Å². The third kappa shape index (κ3) is 7.41. The number of benzene rings is 2. The fraction of sp³-hybridized carbons (Fsp3) is 0.429. The van der Waals surface area contributed by atoms with Gasteiger partial charge in [0.05, 0.1) is 18.1 Å². The summed E-state index contributed by atoms with van der Waals surface area (Å²) < 4.78 is 16.9. The first kappa shape index (κ1) is 19.7. The van der Waals surface area contributed by atoms with Crippen LogP contribution < -0.4 is 9.47 Å². The summed E-state index contributed by atoms with van der Waals surface area (Å²) in [6.45, 7) is 4.40. The highest BCUT2D eigenvalue weighted by molar-refractivity contribution is 7.99. The SMILES string of the molecule is CCCCOc1ccc(OCCCCOC)cc1Sc1ccccc1. The van der Waals surface area contributed by atoms with Gasteiger partial charge in [0.25, 0.3) is 0 Å². The Kier molecular flexibility index (Phi) is 9.31. The second-order valence-corrected chi connectivity index (χ2v) is 6.89. The van der Waals surface area contributed by atoms with Gasteiger partial charge >= 0.3 is 0 Å². The van der Waals surface area contributed by atoms with E-state index in [0.717, 1.165) is 55.3 Å². The molecule has 0 atom stereocenters. The number of rotatable bonds is 12. The van der Waals surface area contributed by atoms with Crippen LogP contribution in [0.4, 0.5) is 0 Å². The summed E-state index contributed by atoms with van der Waals surface area (Å²) in [4.78, 5) is 2.29. The topological polar surface area (TPSA) is 27.7 Å². The quantitative estimate of drug-likeness (QED) is 0.446. The Bertz CT molecular complexity index is 601. The van der Waals surface area contributed by atoms with Crippen molar-refractivity contribution in [1.29, 1.82) is 0 Å². The second kappa shape index (κ2) is 11.8. The molecule has 0 heterocycles. The van der Waals surface area contributed by atoms with E-state index in [1.807, 2.05) is 18.2 Å². The first-order valence-electron chi connectivity index (χ1n) is 8.95. The van der Waals surface area contributed by atoms with Gasteiger partial charge in [0, 0.05) is 18.6 Å². The predicted octanol–water partition coefficient (Wildman–Crippen LogP) is 5.82. The summed E-state index contributed by atoms with van der Waals surface area (Å²) in [5.41, 5.74) is 0. The van der Waals surface area contributed by atoms with E-state index in [0.29, 0.717) is 6.61 Å². The lowest BCUT2D eigenvalue weighted by molar-refractivity contribution is 0.184. The number of hydrogen-bond donors (Lipinski definition) is 0. The van der Waals surface area contributed by atoms with Crippen LogP contribution in [-0.4, -0.2) is 26.9 Å². The molecule has 0 N–H and O–H groups in total. The van der Waals surface area contributed by atoms with Crippen LogP contribution in [0.3, 0.4) is 0 Å². The fourth-order valence-corrected chi connectivity index (χ4v) is 3.21. The first-order chi connectivity index (χ1) is 12.3. The lowest BCUT2D eigenvalue weighted by atomic mass is 10.3. The van der Waals surface area contributed by atoms with Gasteiger partial charge in [-0.05, 0) is 49.6 Å². The van der Waals surface area contributed by atoms with E-state index in [1.165, 1.54) is 4.90 Å². The smallest absolute Gasteiger partial charge is 0.133 e. The van der Waals surface area contributed by atoms with E-state index >= 15 is 0 Å². The molecule has 0 spiro atoms. The molecular formula is C21H28O3S. The monoisotopic (exact) mass is 360 g/mol. The maximum absolute atomic E-state index is 5.97. The lowest BCUT2D eigenvalue weighted by Gasteiger charge is -2.13.